The highest BCUT2D eigenvalue weighted by molar-refractivity contribution is 14.0. The minimum absolute atomic E-state index is 0. The van der Waals surface area contributed by atoms with Crippen LogP contribution in [-0.2, 0) is 24.9 Å². The van der Waals surface area contributed by atoms with Gasteiger partial charge in [-0.3, -0.25) is 0 Å². The molecule has 0 saturated carbocycles. The molecule has 2 aromatic rings. The van der Waals surface area contributed by atoms with E-state index in [1.165, 1.54) is 0 Å². The Labute approximate surface area is 189 Å². The molecule has 0 fully saturated rings. The number of nitrogens with zero attached hydrogens (tertiary/aromatic N) is 4. The second kappa shape index (κ2) is 12.8. The van der Waals surface area contributed by atoms with Crippen LogP contribution in [0, 0.1) is 0 Å². The zero-order valence-electron chi connectivity index (χ0n) is 16.8. The SMILES string of the molecule is CCNC(=NCc1cccnc1OCCOC)N(C)Cc1cc(Cl)cn1C.I. The predicted octanol–water partition coefficient (Wildman–Crippen LogP) is 3.31. The Balaban J connectivity index is 0.00000392. The Morgan fingerprint density at radius 1 is 1.39 bits per heavy atom. The van der Waals surface area contributed by atoms with E-state index in [-0.39, 0.29) is 24.0 Å². The summed E-state index contributed by atoms with van der Waals surface area (Å²) in [5.41, 5.74) is 2.04. The lowest BCUT2D eigenvalue weighted by Crippen LogP contribution is -2.38. The summed E-state index contributed by atoms with van der Waals surface area (Å²) in [6.07, 6.45) is 3.61. The summed E-state index contributed by atoms with van der Waals surface area (Å²) in [6, 6.07) is 5.82. The summed E-state index contributed by atoms with van der Waals surface area (Å²) in [4.78, 5) is 11.1. The number of hydrogen-bond donors (Lipinski definition) is 1. The standard InChI is InChI=1S/C19H28ClN5O2.HI/c1-5-21-19(25(3)14-17-11-16(20)13-24(17)2)23-12-15-7-6-8-22-18(15)27-10-9-26-4;/h6-8,11,13H,5,9-10,12,14H2,1-4H3,(H,21,23);1H. The third-order valence-corrected chi connectivity index (χ3v) is 4.15. The van der Waals surface area contributed by atoms with Crippen LogP contribution in [0.2, 0.25) is 5.02 Å². The highest BCUT2D eigenvalue weighted by Crippen LogP contribution is 2.16. The van der Waals surface area contributed by atoms with Crippen LogP contribution in [0.1, 0.15) is 18.2 Å². The average Bonchev–Trinajstić information content (AvgIpc) is 2.96. The van der Waals surface area contributed by atoms with Crippen molar-refractivity contribution in [2.24, 2.45) is 12.0 Å². The molecule has 0 aliphatic rings. The molecule has 7 nitrogen and oxygen atoms in total. The van der Waals surface area contributed by atoms with E-state index in [2.05, 4.69) is 15.2 Å². The molecule has 0 spiro atoms. The van der Waals surface area contributed by atoms with Gasteiger partial charge in [0.05, 0.1) is 24.7 Å². The minimum Gasteiger partial charge on any atom is -0.475 e. The first-order chi connectivity index (χ1) is 13.0. The molecule has 0 amide bonds. The maximum absolute atomic E-state index is 6.09. The highest BCUT2D eigenvalue weighted by atomic mass is 127. The molecule has 28 heavy (non-hydrogen) atoms. The van der Waals surface area contributed by atoms with Crippen LogP contribution in [0.5, 0.6) is 5.88 Å². The van der Waals surface area contributed by atoms with Gasteiger partial charge in [0, 0.05) is 51.4 Å². The molecule has 0 aliphatic heterocycles. The first kappa shape index (κ1) is 24.5. The number of aliphatic imine (C=N–C) groups is 1. The van der Waals surface area contributed by atoms with Crippen LogP contribution < -0.4 is 10.1 Å². The summed E-state index contributed by atoms with van der Waals surface area (Å²) in [5, 5.41) is 4.06. The topological polar surface area (TPSA) is 63.9 Å². The van der Waals surface area contributed by atoms with Gasteiger partial charge in [-0.25, -0.2) is 9.98 Å². The number of nitrogens with one attached hydrogen (secondary N) is 1. The largest absolute Gasteiger partial charge is 0.475 e. The smallest absolute Gasteiger partial charge is 0.218 e. The monoisotopic (exact) mass is 521 g/mol. The zero-order chi connectivity index (χ0) is 19.6. The van der Waals surface area contributed by atoms with Gasteiger partial charge in [-0.1, -0.05) is 17.7 Å². The van der Waals surface area contributed by atoms with Gasteiger partial charge in [0.2, 0.25) is 5.88 Å². The highest BCUT2D eigenvalue weighted by Gasteiger charge is 2.11. The molecule has 0 aliphatic carbocycles. The van der Waals surface area contributed by atoms with E-state index in [9.17, 15) is 0 Å². The molecule has 156 valence electrons. The number of aromatic nitrogens is 2. The third-order valence-electron chi connectivity index (χ3n) is 3.95. The fourth-order valence-corrected chi connectivity index (χ4v) is 2.84. The maximum Gasteiger partial charge on any atom is 0.218 e. The number of rotatable bonds is 9. The van der Waals surface area contributed by atoms with E-state index in [4.69, 9.17) is 26.1 Å². The molecular formula is C19H29ClIN5O2. The maximum atomic E-state index is 6.09. The van der Waals surface area contributed by atoms with Crippen molar-refractivity contribution in [1.29, 1.82) is 0 Å². The molecule has 0 atom stereocenters. The molecule has 2 heterocycles. The lowest BCUT2D eigenvalue weighted by atomic mass is 10.3. The predicted molar refractivity (Wildman–Crippen MR) is 124 cm³/mol. The van der Waals surface area contributed by atoms with Crippen molar-refractivity contribution >= 4 is 41.5 Å². The summed E-state index contributed by atoms with van der Waals surface area (Å²) in [5.74, 6) is 1.40. The van der Waals surface area contributed by atoms with Crippen molar-refractivity contribution in [3.05, 3.63) is 46.9 Å². The second-order valence-corrected chi connectivity index (χ2v) is 6.53. The van der Waals surface area contributed by atoms with Gasteiger partial charge in [-0.2, -0.15) is 0 Å². The number of halogens is 2. The van der Waals surface area contributed by atoms with Gasteiger partial charge in [0.1, 0.15) is 6.61 Å². The minimum atomic E-state index is 0. The van der Waals surface area contributed by atoms with Crippen molar-refractivity contribution in [2.45, 2.75) is 20.0 Å². The summed E-state index contributed by atoms with van der Waals surface area (Å²) in [6.45, 7) is 4.96. The molecule has 0 saturated heterocycles. The van der Waals surface area contributed by atoms with E-state index < -0.39 is 0 Å². The van der Waals surface area contributed by atoms with Gasteiger partial charge < -0.3 is 24.3 Å². The Hall–Kier alpha value is -1.52. The van der Waals surface area contributed by atoms with Gasteiger partial charge in [0.15, 0.2) is 5.96 Å². The normalized spacial score (nSPS) is 11.1. The number of methoxy groups -OCH3 is 1. The number of aryl methyl sites for hydroxylation is 1. The van der Waals surface area contributed by atoms with Crippen molar-refractivity contribution in [3.63, 3.8) is 0 Å². The van der Waals surface area contributed by atoms with Crippen LogP contribution in [0.4, 0.5) is 0 Å². The van der Waals surface area contributed by atoms with Crippen LogP contribution in [-0.4, -0.2) is 54.3 Å². The van der Waals surface area contributed by atoms with Crippen molar-refractivity contribution in [2.75, 3.05) is 33.9 Å². The van der Waals surface area contributed by atoms with Crippen molar-refractivity contribution in [3.8, 4) is 5.88 Å². The van der Waals surface area contributed by atoms with Crippen LogP contribution >= 0.6 is 35.6 Å². The Bertz CT molecular complexity index is 754. The van der Waals surface area contributed by atoms with Crippen LogP contribution in [0.3, 0.4) is 0 Å². The Morgan fingerprint density at radius 3 is 2.82 bits per heavy atom. The molecule has 0 bridgehead atoms. The number of pyridine rings is 1. The third kappa shape index (κ3) is 7.48. The first-order valence-corrected chi connectivity index (χ1v) is 9.28. The molecule has 0 aromatic carbocycles. The van der Waals surface area contributed by atoms with E-state index in [0.717, 1.165) is 28.8 Å². The van der Waals surface area contributed by atoms with Crippen molar-refractivity contribution < 1.29 is 9.47 Å². The van der Waals surface area contributed by atoms with E-state index >= 15 is 0 Å². The summed E-state index contributed by atoms with van der Waals surface area (Å²) in [7, 11) is 5.63. The molecule has 2 aromatic heterocycles. The molecular weight excluding hydrogens is 493 g/mol. The van der Waals surface area contributed by atoms with Gasteiger partial charge in [-0.15, -0.1) is 24.0 Å². The van der Waals surface area contributed by atoms with E-state index in [1.54, 1.807) is 13.3 Å². The molecule has 0 radical (unpaired) electrons. The molecule has 0 unspecified atom stereocenters. The van der Waals surface area contributed by atoms with Gasteiger partial charge in [0.25, 0.3) is 0 Å². The summed E-state index contributed by atoms with van der Waals surface area (Å²) < 4.78 is 12.7. The fraction of sp³-hybridized carbons (Fsp3) is 0.474. The second-order valence-electron chi connectivity index (χ2n) is 6.10. The molecule has 1 N–H and O–H groups in total. The quantitative estimate of drug-likeness (QED) is 0.237. The zero-order valence-corrected chi connectivity index (χ0v) is 19.9. The molecule has 9 heteroatoms. The fourth-order valence-electron chi connectivity index (χ4n) is 2.57. The molecule has 2 rings (SSSR count). The lowest BCUT2D eigenvalue weighted by molar-refractivity contribution is 0.143. The lowest BCUT2D eigenvalue weighted by Gasteiger charge is -2.22. The summed E-state index contributed by atoms with van der Waals surface area (Å²) >= 11 is 6.09. The number of ether oxygens (including phenoxy) is 2. The van der Waals surface area contributed by atoms with Crippen molar-refractivity contribution in [1.82, 2.24) is 19.8 Å². The van der Waals surface area contributed by atoms with Gasteiger partial charge >= 0.3 is 0 Å². The van der Waals surface area contributed by atoms with Crippen LogP contribution in [0.25, 0.3) is 0 Å². The average molecular weight is 522 g/mol. The number of guanidine groups is 1. The van der Waals surface area contributed by atoms with E-state index in [0.29, 0.717) is 32.2 Å². The van der Waals surface area contributed by atoms with Gasteiger partial charge in [-0.05, 0) is 19.1 Å². The number of hydrogen-bond acceptors (Lipinski definition) is 4. The Kier molecular flexibility index (Phi) is 11.2. The van der Waals surface area contributed by atoms with Crippen LogP contribution in [0.15, 0.2) is 35.6 Å². The van der Waals surface area contributed by atoms with E-state index in [1.807, 2.05) is 50.0 Å². The first-order valence-electron chi connectivity index (χ1n) is 8.91. The Morgan fingerprint density at radius 2 is 2.18 bits per heavy atom.